The molecule has 1 N–H and O–H groups in total. The van der Waals surface area contributed by atoms with Crippen LogP contribution in [-0.4, -0.2) is 19.1 Å². The van der Waals surface area contributed by atoms with Crippen LogP contribution in [0.5, 0.6) is 11.5 Å². The number of rotatable bonds is 2. The SMILES string of the molecule is O=C(Nc1ccc2oc(=O)ccc2c1)c1ccc2c(c1)OCCCO2. The van der Waals surface area contributed by atoms with Crippen molar-refractivity contribution in [2.45, 2.75) is 6.42 Å². The van der Waals surface area contributed by atoms with Gasteiger partial charge in [0.1, 0.15) is 5.58 Å². The third kappa shape index (κ3) is 3.19. The number of fused-ring (bicyclic) bond motifs is 2. The molecule has 0 atom stereocenters. The Bertz CT molecular complexity index is 1010. The average Bonchev–Trinajstić information content (AvgIpc) is 2.86. The zero-order chi connectivity index (χ0) is 17.2. The van der Waals surface area contributed by atoms with Crippen LogP contribution in [0.15, 0.2) is 57.7 Å². The van der Waals surface area contributed by atoms with Crippen LogP contribution in [0.1, 0.15) is 16.8 Å². The molecule has 1 aromatic heterocycles. The minimum atomic E-state index is -0.406. The van der Waals surface area contributed by atoms with Crippen molar-refractivity contribution < 1.29 is 18.7 Å². The monoisotopic (exact) mass is 337 g/mol. The lowest BCUT2D eigenvalue weighted by Gasteiger charge is -2.10. The predicted octanol–water partition coefficient (Wildman–Crippen LogP) is 3.21. The maximum absolute atomic E-state index is 12.5. The fourth-order valence-corrected chi connectivity index (χ4v) is 2.66. The van der Waals surface area contributed by atoms with E-state index in [1.807, 2.05) is 0 Å². The molecule has 1 aliphatic rings. The van der Waals surface area contributed by atoms with Crippen LogP contribution in [0, 0.1) is 0 Å². The highest BCUT2D eigenvalue weighted by atomic mass is 16.5. The van der Waals surface area contributed by atoms with Gasteiger partial charge in [-0.15, -0.1) is 0 Å². The minimum Gasteiger partial charge on any atom is -0.490 e. The lowest BCUT2D eigenvalue weighted by atomic mass is 10.1. The summed E-state index contributed by atoms with van der Waals surface area (Å²) in [5.74, 6) is 0.965. The zero-order valence-electron chi connectivity index (χ0n) is 13.3. The first-order chi connectivity index (χ1) is 12.2. The van der Waals surface area contributed by atoms with Gasteiger partial charge in [0.25, 0.3) is 5.91 Å². The fraction of sp³-hybridized carbons (Fsp3) is 0.158. The Morgan fingerprint density at radius 3 is 2.64 bits per heavy atom. The van der Waals surface area contributed by atoms with Gasteiger partial charge in [0.15, 0.2) is 11.5 Å². The number of carbonyl (C=O) groups is 1. The van der Waals surface area contributed by atoms with Crippen LogP contribution < -0.4 is 20.4 Å². The van der Waals surface area contributed by atoms with E-state index in [4.69, 9.17) is 13.9 Å². The molecule has 0 fully saturated rings. The molecular weight excluding hydrogens is 322 g/mol. The highest BCUT2D eigenvalue weighted by Crippen LogP contribution is 2.30. The Morgan fingerprint density at radius 2 is 1.76 bits per heavy atom. The molecule has 0 saturated heterocycles. The van der Waals surface area contributed by atoms with E-state index in [2.05, 4.69) is 5.32 Å². The van der Waals surface area contributed by atoms with E-state index in [1.165, 1.54) is 6.07 Å². The Balaban J connectivity index is 1.58. The molecule has 0 saturated carbocycles. The molecule has 1 amide bonds. The van der Waals surface area contributed by atoms with Crippen LogP contribution in [0.2, 0.25) is 0 Å². The molecule has 126 valence electrons. The zero-order valence-corrected chi connectivity index (χ0v) is 13.3. The fourth-order valence-electron chi connectivity index (χ4n) is 2.66. The van der Waals surface area contributed by atoms with Crippen molar-refractivity contribution >= 4 is 22.6 Å². The Kier molecular flexibility index (Phi) is 3.85. The molecule has 0 unspecified atom stereocenters. The lowest BCUT2D eigenvalue weighted by Crippen LogP contribution is -2.12. The van der Waals surface area contributed by atoms with E-state index in [1.54, 1.807) is 42.5 Å². The highest BCUT2D eigenvalue weighted by Gasteiger charge is 2.14. The number of benzene rings is 2. The van der Waals surface area contributed by atoms with E-state index in [-0.39, 0.29) is 5.91 Å². The molecule has 0 spiro atoms. The summed E-state index contributed by atoms with van der Waals surface area (Å²) in [6.45, 7) is 1.17. The number of amides is 1. The van der Waals surface area contributed by atoms with Crippen LogP contribution >= 0.6 is 0 Å². The summed E-state index contributed by atoms with van der Waals surface area (Å²) in [5.41, 5.74) is 1.15. The third-order valence-corrected chi connectivity index (χ3v) is 3.89. The van der Waals surface area contributed by atoms with E-state index in [0.29, 0.717) is 41.5 Å². The second-order valence-electron chi connectivity index (χ2n) is 5.67. The summed E-state index contributed by atoms with van der Waals surface area (Å²) < 4.78 is 16.3. The van der Waals surface area contributed by atoms with Crippen molar-refractivity contribution in [2.75, 3.05) is 18.5 Å². The number of carbonyl (C=O) groups excluding carboxylic acids is 1. The van der Waals surface area contributed by atoms with Crippen molar-refractivity contribution in [1.82, 2.24) is 0 Å². The Morgan fingerprint density at radius 1 is 0.920 bits per heavy atom. The van der Waals surface area contributed by atoms with Gasteiger partial charge in [-0.05, 0) is 42.5 Å². The standard InChI is InChI=1S/C19H15NO5/c21-18-7-3-12-10-14(4-6-15(12)25-18)20-19(22)13-2-5-16-17(11-13)24-9-1-8-23-16/h2-7,10-11H,1,8-9H2,(H,20,22). The lowest BCUT2D eigenvalue weighted by molar-refractivity contribution is 0.102. The number of ether oxygens (including phenoxy) is 2. The summed E-state index contributed by atoms with van der Waals surface area (Å²) in [6, 6.07) is 13.2. The summed E-state index contributed by atoms with van der Waals surface area (Å²) in [6.07, 6.45) is 0.809. The van der Waals surface area contributed by atoms with E-state index in [9.17, 15) is 9.59 Å². The molecule has 6 nitrogen and oxygen atoms in total. The normalized spacial score (nSPS) is 13.3. The van der Waals surface area contributed by atoms with Crippen LogP contribution in [-0.2, 0) is 0 Å². The van der Waals surface area contributed by atoms with Gasteiger partial charge < -0.3 is 19.2 Å². The smallest absolute Gasteiger partial charge is 0.336 e. The third-order valence-electron chi connectivity index (χ3n) is 3.89. The topological polar surface area (TPSA) is 77.8 Å². The highest BCUT2D eigenvalue weighted by molar-refractivity contribution is 6.05. The molecule has 2 aromatic carbocycles. The van der Waals surface area contributed by atoms with Crippen molar-refractivity contribution in [3.05, 3.63) is 64.5 Å². The molecule has 3 aromatic rings. The van der Waals surface area contributed by atoms with E-state index < -0.39 is 5.63 Å². The molecule has 0 radical (unpaired) electrons. The van der Waals surface area contributed by atoms with Gasteiger partial charge in [-0.1, -0.05) is 0 Å². The Hall–Kier alpha value is -3.28. The number of hydrogen-bond donors (Lipinski definition) is 1. The number of anilines is 1. The van der Waals surface area contributed by atoms with Gasteiger partial charge in [-0.25, -0.2) is 4.79 Å². The summed E-state index contributed by atoms with van der Waals surface area (Å²) in [7, 11) is 0. The second-order valence-corrected chi connectivity index (χ2v) is 5.67. The Labute approximate surface area is 143 Å². The number of nitrogens with one attached hydrogen (secondary N) is 1. The van der Waals surface area contributed by atoms with Gasteiger partial charge in [0, 0.05) is 29.1 Å². The van der Waals surface area contributed by atoms with Gasteiger partial charge in [0.05, 0.1) is 13.2 Å². The first-order valence-corrected chi connectivity index (χ1v) is 7.94. The van der Waals surface area contributed by atoms with Gasteiger partial charge >= 0.3 is 5.63 Å². The van der Waals surface area contributed by atoms with Crippen molar-refractivity contribution in [1.29, 1.82) is 0 Å². The van der Waals surface area contributed by atoms with Gasteiger partial charge in [-0.2, -0.15) is 0 Å². The van der Waals surface area contributed by atoms with Crippen molar-refractivity contribution in [3.8, 4) is 11.5 Å². The maximum atomic E-state index is 12.5. The molecule has 2 heterocycles. The first kappa shape index (κ1) is 15.3. The molecule has 1 aliphatic heterocycles. The van der Waals surface area contributed by atoms with E-state index >= 15 is 0 Å². The quantitative estimate of drug-likeness (QED) is 0.727. The first-order valence-electron chi connectivity index (χ1n) is 7.94. The van der Waals surface area contributed by atoms with Gasteiger partial charge in [-0.3, -0.25) is 4.79 Å². The predicted molar refractivity (Wildman–Crippen MR) is 92.5 cm³/mol. The molecule has 6 heteroatoms. The van der Waals surface area contributed by atoms with E-state index in [0.717, 1.165) is 11.8 Å². The summed E-state index contributed by atoms with van der Waals surface area (Å²) in [4.78, 5) is 23.7. The summed E-state index contributed by atoms with van der Waals surface area (Å²) in [5, 5.41) is 3.56. The van der Waals surface area contributed by atoms with Crippen molar-refractivity contribution in [2.24, 2.45) is 0 Å². The largest absolute Gasteiger partial charge is 0.490 e. The molecular formula is C19H15NO5. The molecule has 0 aliphatic carbocycles. The average molecular weight is 337 g/mol. The second kappa shape index (κ2) is 6.32. The van der Waals surface area contributed by atoms with Crippen molar-refractivity contribution in [3.63, 3.8) is 0 Å². The van der Waals surface area contributed by atoms with Crippen LogP contribution in [0.25, 0.3) is 11.0 Å². The minimum absolute atomic E-state index is 0.257. The van der Waals surface area contributed by atoms with Crippen LogP contribution in [0.4, 0.5) is 5.69 Å². The molecule has 25 heavy (non-hydrogen) atoms. The maximum Gasteiger partial charge on any atom is 0.336 e. The number of hydrogen-bond acceptors (Lipinski definition) is 5. The summed E-state index contributed by atoms with van der Waals surface area (Å²) >= 11 is 0. The van der Waals surface area contributed by atoms with Crippen LogP contribution in [0.3, 0.4) is 0 Å². The molecule has 0 bridgehead atoms. The molecule has 4 rings (SSSR count). The van der Waals surface area contributed by atoms with Gasteiger partial charge in [0.2, 0.25) is 0 Å².